The summed E-state index contributed by atoms with van der Waals surface area (Å²) in [6, 6.07) is 7.53. The Morgan fingerprint density at radius 2 is 1.90 bits per heavy atom. The van der Waals surface area contributed by atoms with E-state index >= 15 is 0 Å². The van der Waals surface area contributed by atoms with Crippen molar-refractivity contribution in [3.63, 3.8) is 0 Å². The van der Waals surface area contributed by atoms with E-state index in [2.05, 4.69) is 20.9 Å². The second-order valence-corrected chi connectivity index (χ2v) is 7.06. The molecule has 2 aromatic heterocycles. The molecule has 0 amide bonds. The monoisotopic (exact) mass is 366 g/mol. The second kappa shape index (κ2) is 4.95. The summed E-state index contributed by atoms with van der Waals surface area (Å²) in [5, 5.41) is 0.726. The van der Waals surface area contributed by atoms with E-state index in [4.69, 9.17) is 12.2 Å². The first-order valence-electron chi connectivity index (χ1n) is 6.00. The molecular formula is C14H11BrN2OS2. The lowest BCUT2D eigenvalue weighted by Crippen LogP contribution is -2.20. The Morgan fingerprint density at radius 1 is 1.25 bits per heavy atom. The maximum atomic E-state index is 12.7. The maximum Gasteiger partial charge on any atom is 0.267 e. The summed E-state index contributed by atoms with van der Waals surface area (Å²) in [5.74, 6) is 0. The lowest BCUT2D eigenvalue weighted by atomic mass is 10.2. The molecule has 0 aliphatic rings. The summed E-state index contributed by atoms with van der Waals surface area (Å²) in [4.78, 5) is 17.9. The minimum absolute atomic E-state index is 0.0621. The van der Waals surface area contributed by atoms with Gasteiger partial charge in [0.2, 0.25) is 0 Å². The Kier molecular flexibility index (Phi) is 3.40. The minimum atomic E-state index is -0.0621. The van der Waals surface area contributed by atoms with Crippen molar-refractivity contribution in [2.75, 3.05) is 0 Å². The number of aromatic nitrogens is 2. The molecule has 2 heterocycles. The number of nitrogens with zero attached hydrogens (tertiary/aromatic N) is 1. The standard InChI is InChI=1S/C14H11BrN2OS2/c1-7-8(2)20-12-11(7)13(18)17(14(19)16-12)10-5-3-9(15)4-6-10/h3-6H,1-2H3,(H,16,19). The van der Waals surface area contributed by atoms with Crippen molar-refractivity contribution >= 4 is 49.7 Å². The van der Waals surface area contributed by atoms with E-state index in [0.717, 1.165) is 30.8 Å². The Labute approximate surface area is 133 Å². The molecule has 0 bridgehead atoms. The SMILES string of the molecule is Cc1sc2[nH]c(=S)n(-c3ccc(Br)cc3)c(=O)c2c1C. The van der Waals surface area contributed by atoms with Crippen molar-refractivity contribution in [3.05, 3.63) is 54.3 Å². The van der Waals surface area contributed by atoms with Crippen LogP contribution in [0.15, 0.2) is 33.5 Å². The molecule has 3 rings (SSSR count). The quantitative estimate of drug-likeness (QED) is 0.644. The van der Waals surface area contributed by atoms with Crippen molar-refractivity contribution in [3.8, 4) is 5.69 Å². The van der Waals surface area contributed by atoms with Gasteiger partial charge >= 0.3 is 0 Å². The Bertz CT molecular complexity index is 919. The highest BCUT2D eigenvalue weighted by Crippen LogP contribution is 2.26. The van der Waals surface area contributed by atoms with E-state index in [1.807, 2.05) is 38.1 Å². The summed E-state index contributed by atoms with van der Waals surface area (Å²) in [7, 11) is 0. The van der Waals surface area contributed by atoms with E-state index in [0.29, 0.717) is 4.77 Å². The number of hydrogen-bond acceptors (Lipinski definition) is 3. The fourth-order valence-electron chi connectivity index (χ4n) is 2.15. The zero-order valence-electron chi connectivity index (χ0n) is 10.9. The molecule has 0 fully saturated rings. The maximum absolute atomic E-state index is 12.7. The van der Waals surface area contributed by atoms with Crippen LogP contribution in [0.1, 0.15) is 10.4 Å². The molecule has 0 aliphatic carbocycles. The summed E-state index contributed by atoms with van der Waals surface area (Å²) >= 11 is 10.3. The number of aromatic amines is 1. The number of aryl methyl sites for hydroxylation is 2. The number of rotatable bonds is 1. The number of thiophene rings is 1. The van der Waals surface area contributed by atoms with Crippen LogP contribution in [-0.2, 0) is 0 Å². The van der Waals surface area contributed by atoms with Crippen LogP contribution in [0.3, 0.4) is 0 Å². The molecule has 0 radical (unpaired) electrons. The van der Waals surface area contributed by atoms with Crippen LogP contribution in [0, 0.1) is 18.6 Å². The highest BCUT2D eigenvalue weighted by molar-refractivity contribution is 9.10. The molecule has 1 N–H and O–H groups in total. The van der Waals surface area contributed by atoms with Crippen LogP contribution < -0.4 is 5.56 Å². The number of fused-ring (bicyclic) bond motifs is 1. The first-order valence-corrected chi connectivity index (χ1v) is 8.02. The van der Waals surface area contributed by atoms with Crippen LogP contribution in [-0.4, -0.2) is 9.55 Å². The number of benzene rings is 1. The molecule has 0 aliphatic heterocycles. The molecule has 3 nitrogen and oxygen atoms in total. The van der Waals surface area contributed by atoms with Crippen molar-refractivity contribution < 1.29 is 0 Å². The van der Waals surface area contributed by atoms with Crippen LogP contribution in [0.2, 0.25) is 0 Å². The van der Waals surface area contributed by atoms with E-state index in [1.54, 1.807) is 15.9 Å². The molecule has 1 aromatic carbocycles. The third-order valence-corrected chi connectivity index (χ3v) is 5.25. The average molecular weight is 367 g/mol. The van der Waals surface area contributed by atoms with Crippen molar-refractivity contribution in [2.45, 2.75) is 13.8 Å². The highest BCUT2D eigenvalue weighted by atomic mass is 79.9. The molecule has 102 valence electrons. The van der Waals surface area contributed by atoms with Crippen LogP contribution in [0.4, 0.5) is 0 Å². The van der Waals surface area contributed by atoms with Crippen molar-refractivity contribution in [2.24, 2.45) is 0 Å². The minimum Gasteiger partial charge on any atom is -0.323 e. The molecule has 6 heteroatoms. The summed E-state index contributed by atoms with van der Waals surface area (Å²) < 4.78 is 2.93. The topological polar surface area (TPSA) is 37.8 Å². The zero-order chi connectivity index (χ0) is 14.4. The van der Waals surface area contributed by atoms with Gasteiger partial charge in [0.25, 0.3) is 5.56 Å². The van der Waals surface area contributed by atoms with Crippen LogP contribution in [0.25, 0.3) is 15.9 Å². The molecular weight excluding hydrogens is 356 g/mol. The Hall–Kier alpha value is -1.24. The molecule has 3 aromatic rings. The van der Waals surface area contributed by atoms with Gasteiger partial charge < -0.3 is 4.98 Å². The normalized spacial score (nSPS) is 11.2. The van der Waals surface area contributed by atoms with Gasteiger partial charge in [0, 0.05) is 9.35 Å². The van der Waals surface area contributed by atoms with E-state index in [9.17, 15) is 4.79 Å². The van der Waals surface area contributed by atoms with Crippen LogP contribution >= 0.6 is 39.5 Å². The number of halogens is 1. The number of hydrogen-bond donors (Lipinski definition) is 1. The summed E-state index contributed by atoms with van der Waals surface area (Å²) in [6.07, 6.45) is 0. The van der Waals surface area contributed by atoms with E-state index in [1.165, 1.54) is 0 Å². The third-order valence-electron chi connectivity index (χ3n) is 3.31. The predicted molar refractivity (Wildman–Crippen MR) is 89.8 cm³/mol. The average Bonchev–Trinajstić information content (AvgIpc) is 2.67. The third kappa shape index (κ3) is 2.08. The molecule has 20 heavy (non-hydrogen) atoms. The van der Waals surface area contributed by atoms with Gasteiger partial charge in [0.1, 0.15) is 4.83 Å². The second-order valence-electron chi connectivity index (χ2n) is 4.53. The van der Waals surface area contributed by atoms with Gasteiger partial charge in [-0.3, -0.25) is 9.36 Å². The first kappa shape index (κ1) is 13.7. The van der Waals surface area contributed by atoms with Gasteiger partial charge in [-0.1, -0.05) is 15.9 Å². The summed E-state index contributed by atoms with van der Waals surface area (Å²) in [6.45, 7) is 3.98. The fourth-order valence-corrected chi connectivity index (χ4v) is 3.83. The first-order chi connectivity index (χ1) is 9.49. The van der Waals surface area contributed by atoms with Crippen LogP contribution in [0.5, 0.6) is 0 Å². The molecule has 0 spiro atoms. The smallest absolute Gasteiger partial charge is 0.267 e. The number of nitrogens with one attached hydrogen (secondary N) is 1. The van der Waals surface area contributed by atoms with E-state index < -0.39 is 0 Å². The fraction of sp³-hybridized carbons (Fsp3) is 0.143. The molecule has 0 saturated heterocycles. The lowest BCUT2D eigenvalue weighted by Gasteiger charge is -2.06. The number of H-pyrrole nitrogens is 1. The van der Waals surface area contributed by atoms with E-state index in [-0.39, 0.29) is 5.56 Å². The van der Waals surface area contributed by atoms with Gasteiger partial charge in [-0.25, -0.2) is 0 Å². The predicted octanol–water partition coefficient (Wildman–Crippen LogP) is 4.49. The van der Waals surface area contributed by atoms with Crippen molar-refractivity contribution in [1.82, 2.24) is 9.55 Å². The van der Waals surface area contributed by atoms with Crippen molar-refractivity contribution in [1.29, 1.82) is 0 Å². The van der Waals surface area contributed by atoms with Gasteiger partial charge in [-0.05, 0) is 55.9 Å². The lowest BCUT2D eigenvalue weighted by molar-refractivity contribution is 0.941. The molecule has 0 atom stereocenters. The largest absolute Gasteiger partial charge is 0.323 e. The molecule has 0 saturated carbocycles. The Balaban J connectivity index is 2.42. The van der Waals surface area contributed by atoms with Gasteiger partial charge in [0.15, 0.2) is 4.77 Å². The van der Waals surface area contributed by atoms with Gasteiger partial charge in [-0.15, -0.1) is 11.3 Å². The molecule has 0 unspecified atom stereocenters. The highest BCUT2D eigenvalue weighted by Gasteiger charge is 2.13. The zero-order valence-corrected chi connectivity index (χ0v) is 14.1. The summed E-state index contributed by atoms with van der Waals surface area (Å²) in [5.41, 5.74) is 1.73. The van der Waals surface area contributed by atoms with Gasteiger partial charge in [0.05, 0.1) is 11.1 Å². The van der Waals surface area contributed by atoms with Gasteiger partial charge in [-0.2, -0.15) is 0 Å². The Morgan fingerprint density at radius 3 is 2.55 bits per heavy atom.